The van der Waals surface area contributed by atoms with E-state index in [2.05, 4.69) is 15.7 Å². The Kier molecular flexibility index (Phi) is 4.42. The van der Waals surface area contributed by atoms with Gasteiger partial charge in [0, 0.05) is 30.4 Å². The molecule has 7 heteroatoms. The number of nitrogens with zero attached hydrogens (tertiary/aromatic N) is 2. The molecular formula is C20H17FN4O2. The molecule has 3 aromatic rings. The maximum absolute atomic E-state index is 13.4. The van der Waals surface area contributed by atoms with Crippen LogP contribution in [0.3, 0.4) is 0 Å². The van der Waals surface area contributed by atoms with Gasteiger partial charge in [0.25, 0.3) is 0 Å². The van der Waals surface area contributed by atoms with Crippen LogP contribution in [0.15, 0.2) is 60.9 Å². The van der Waals surface area contributed by atoms with E-state index in [1.165, 1.54) is 12.1 Å². The van der Waals surface area contributed by atoms with Crippen molar-refractivity contribution in [2.45, 2.75) is 18.9 Å². The molecule has 0 saturated carbocycles. The van der Waals surface area contributed by atoms with Gasteiger partial charge in [-0.1, -0.05) is 24.3 Å². The molecule has 27 heavy (non-hydrogen) atoms. The van der Waals surface area contributed by atoms with Crippen molar-refractivity contribution in [2.24, 2.45) is 0 Å². The molecule has 2 aromatic carbocycles. The van der Waals surface area contributed by atoms with Crippen LogP contribution in [0, 0.1) is 5.82 Å². The predicted octanol–water partition coefficient (Wildman–Crippen LogP) is 2.75. The highest BCUT2D eigenvalue weighted by molar-refractivity contribution is 6.01. The Labute approximate surface area is 155 Å². The van der Waals surface area contributed by atoms with Crippen LogP contribution in [-0.4, -0.2) is 21.6 Å². The van der Waals surface area contributed by atoms with E-state index in [1.807, 2.05) is 36.5 Å². The molecule has 0 fully saturated rings. The Morgan fingerprint density at radius 3 is 2.89 bits per heavy atom. The lowest BCUT2D eigenvalue weighted by Gasteiger charge is -2.24. The largest absolute Gasteiger partial charge is 0.351 e. The minimum Gasteiger partial charge on any atom is -0.351 e. The molecule has 0 unspecified atom stereocenters. The standard InChI is InChI=1S/C20H17FN4O2/c21-14-6-7-16-17(9-19(26)24-18(16)8-14)20(27)22-10-13-11-23-25(12-13)15-4-2-1-3-5-15/h1-8,11-12,17H,9-10H2,(H,22,27)(H,24,26)/t17-/m1/s1. The van der Waals surface area contributed by atoms with Crippen molar-refractivity contribution < 1.29 is 14.0 Å². The van der Waals surface area contributed by atoms with Gasteiger partial charge in [-0.25, -0.2) is 9.07 Å². The number of rotatable bonds is 4. The van der Waals surface area contributed by atoms with Crippen LogP contribution in [0.25, 0.3) is 5.69 Å². The molecule has 2 heterocycles. The monoisotopic (exact) mass is 364 g/mol. The van der Waals surface area contributed by atoms with Gasteiger partial charge in [-0.15, -0.1) is 0 Å². The fourth-order valence-corrected chi connectivity index (χ4v) is 3.16. The molecule has 2 amide bonds. The van der Waals surface area contributed by atoms with E-state index in [-0.39, 0.29) is 18.2 Å². The van der Waals surface area contributed by atoms with Crippen molar-refractivity contribution >= 4 is 17.5 Å². The van der Waals surface area contributed by atoms with Gasteiger partial charge < -0.3 is 10.6 Å². The fraction of sp³-hybridized carbons (Fsp3) is 0.150. The SMILES string of the molecule is O=C1C[C@@H](C(=O)NCc2cnn(-c3ccccc3)c2)c2ccc(F)cc2N1. The van der Waals surface area contributed by atoms with Crippen LogP contribution < -0.4 is 10.6 Å². The molecule has 136 valence electrons. The highest BCUT2D eigenvalue weighted by atomic mass is 19.1. The number of fused-ring (bicyclic) bond motifs is 1. The summed E-state index contributed by atoms with van der Waals surface area (Å²) in [7, 11) is 0. The van der Waals surface area contributed by atoms with Crippen molar-refractivity contribution in [1.82, 2.24) is 15.1 Å². The minimum absolute atomic E-state index is 0.0355. The molecule has 0 aliphatic carbocycles. The second-order valence-corrected chi connectivity index (χ2v) is 6.38. The number of hydrogen-bond acceptors (Lipinski definition) is 3. The number of hydrogen-bond donors (Lipinski definition) is 2. The number of nitrogens with one attached hydrogen (secondary N) is 2. The molecule has 0 bridgehead atoms. The van der Waals surface area contributed by atoms with Crippen molar-refractivity contribution in [2.75, 3.05) is 5.32 Å². The van der Waals surface area contributed by atoms with E-state index < -0.39 is 11.7 Å². The van der Waals surface area contributed by atoms with Crippen LogP contribution in [0.4, 0.5) is 10.1 Å². The summed E-state index contributed by atoms with van der Waals surface area (Å²) in [5, 5.41) is 9.75. The van der Waals surface area contributed by atoms with Crippen molar-refractivity contribution in [1.29, 1.82) is 0 Å². The number of carbonyl (C=O) groups excluding carboxylic acids is 2. The molecule has 1 aromatic heterocycles. The Morgan fingerprint density at radius 1 is 1.26 bits per heavy atom. The Hall–Kier alpha value is -3.48. The average molecular weight is 364 g/mol. The molecule has 1 aliphatic heterocycles. The van der Waals surface area contributed by atoms with Crippen LogP contribution in [0.2, 0.25) is 0 Å². The number of benzene rings is 2. The summed E-state index contributed by atoms with van der Waals surface area (Å²) in [6.07, 6.45) is 3.56. The number of para-hydroxylation sites is 1. The van der Waals surface area contributed by atoms with Crippen LogP contribution in [-0.2, 0) is 16.1 Å². The molecule has 1 atom stereocenters. The van der Waals surface area contributed by atoms with Gasteiger partial charge in [0.2, 0.25) is 11.8 Å². The quantitative estimate of drug-likeness (QED) is 0.747. The number of amides is 2. The Balaban J connectivity index is 1.46. The van der Waals surface area contributed by atoms with Gasteiger partial charge >= 0.3 is 0 Å². The van der Waals surface area contributed by atoms with Gasteiger partial charge in [0.15, 0.2) is 0 Å². The molecule has 4 rings (SSSR count). The van der Waals surface area contributed by atoms with E-state index in [4.69, 9.17) is 0 Å². The first-order valence-electron chi connectivity index (χ1n) is 8.56. The lowest BCUT2D eigenvalue weighted by atomic mass is 9.89. The van der Waals surface area contributed by atoms with E-state index in [1.54, 1.807) is 16.9 Å². The van der Waals surface area contributed by atoms with E-state index >= 15 is 0 Å². The van der Waals surface area contributed by atoms with Gasteiger partial charge in [-0.05, 0) is 29.8 Å². The number of halogens is 1. The van der Waals surface area contributed by atoms with Crippen LogP contribution in [0.5, 0.6) is 0 Å². The summed E-state index contributed by atoms with van der Waals surface area (Å²) in [4.78, 5) is 24.5. The van der Waals surface area contributed by atoms with Crippen molar-refractivity contribution in [3.63, 3.8) is 0 Å². The number of aromatic nitrogens is 2. The first-order valence-corrected chi connectivity index (χ1v) is 8.56. The molecule has 2 N–H and O–H groups in total. The number of anilines is 1. The third-order valence-corrected chi connectivity index (χ3v) is 4.49. The van der Waals surface area contributed by atoms with Gasteiger partial charge in [0.05, 0.1) is 17.8 Å². The number of carbonyl (C=O) groups is 2. The molecule has 1 aliphatic rings. The maximum atomic E-state index is 13.4. The van der Waals surface area contributed by atoms with Gasteiger partial charge in [-0.3, -0.25) is 9.59 Å². The highest BCUT2D eigenvalue weighted by Crippen LogP contribution is 2.32. The topological polar surface area (TPSA) is 76.0 Å². The zero-order valence-electron chi connectivity index (χ0n) is 14.4. The van der Waals surface area contributed by atoms with Crippen molar-refractivity contribution in [3.8, 4) is 5.69 Å². The molecule has 6 nitrogen and oxygen atoms in total. The van der Waals surface area contributed by atoms with Gasteiger partial charge in [-0.2, -0.15) is 5.10 Å². The normalized spacial score (nSPS) is 15.7. The lowest BCUT2D eigenvalue weighted by Crippen LogP contribution is -2.34. The highest BCUT2D eigenvalue weighted by Gasteiger charge is 2.30. The summed E-state index contributed by atoms with van der Waals surface area (Å²) in [5.41, 5.74) is 2.73. The summed E-state index contributed by atoms with van der Waals surface area (Å²) < 4.78 is 15.1. The van der Waals surface area contributed by atoms with E-state index in [9.17, 15) is 14.0 Å². The second-order valence-electron chi connectivity index (χ2n) is 6.38. The van der Waals surface area contributed by atoms with Gasteiger partial charge in [0.1, 0.15) is 5.82 Å². The third-order valence-electron chi connectivity index (χ3n) is 4.49. The average Bonchev–Trinajstić information content (AvgIpc) is 3.15. The van der Waals surface area contributed by atoms with Crippen molar-refractivity contribution in [3.05, 3.63) is 77.9 Å². The zero-order valence-corrected chi connectivity index (χ0v) is 14.4. The zero-order chi connectivity index (χ0) is 18.8. The lowest BCUT2D eigenvalue weighted by molar-refractivity contribution is -0.126. The summed E-state index contributed by atoms with van der Waals surface area (Å²) in [6, 6.07) is 13.7. The minimum atomic E-state index is -0.640. The van der Waals surface area contributed by atoms with E-state index in [0.29, 0.717) is 17.8 Å². The second kappa shape index (κ2) is 7.03. The van der Waals surface area contributed by atoms with Crippen LogP contribution in [0.1, 0.15) is 23.5 Å². The molecule has 0 spiro atoms. The fourth-order valence-electron chi connectivity index (χ4n) is 3.16. The third kappa shape index (κ3) is 3.57. The predicted molar refractivity (Wildman–Crippen MR) is 97.8 cm³/mol. The first kappa shape index (κ1) is 17.0. The Bertz CT molecular complexity index is 1000. The maximum Gasteiger partial charge on any atom is 0.228 e. The smallest absolute Gasteiger partial charge is 0.228 e. The molecular weight excluding hydrogens is 347 g/mol. The van der Waals surface area contributed by atoms with E-state index in [0.717, 1.165) is 11.3 Å². The molecule has 0 saturated heterocycles. The molecule has 0 radical (unpaired) electrons. The first-order chi connectivity index (χ1) is 13.1. The summed E-state index contributed by atoms with van der Waals surface area (Å²) >= 11 is 0. The summed E-state index contributed by atoms with van der Waals surface area (Å²) in [5.74, 6) is -1.67. The Morgan fingerprint density at radius 2 is 2.07 bits per heavy atom. The van der Waals surface area contributed by atoms with Crippen LogP contribution >= 0.6 is 0 Å². The summed E-state index contributed by atoms with van der Waals surface area (Å²) in [6.45, 7) is 0.292.